The van der Waals surface area contributed by atoms with E-state index in [9.17, 15) is 13.2 Å². The molecule has 6 nitrogen and oxygen atoms in total. The number of hydrogen-bond donors (Lipinski definition) is 1. The van der Waals surface area contributed by atoms with Gasteiger partial charge in [-0.2, -0.15) is 0 Å². The van der Waals surface area contributed by atoms with Crippen molar-refractivity contribution in [3.05, 3.63) is 46.4 Å². The zero-order valence-corrected chi connectivity index (χ0v) is 16.6. The predicted octanol–water partition coefficient (Wildman–Crippen LogP) is 3.76. The third-order valence-electron chi connectivity index (χ3n) is 3.60. The first-order valence-electron chi connectivity index (χ1n) is 7.45. The van der Waals surface area contributed by atoms with Crippen LogP contribution in [0.3, 0.4) is 0 Å². The number of carboxylic acid groups (broad SMARTS) is 1. The van der Waals surface area contributed by atoms with Crippen LogP contribution in [0.4, 0.5) is 0 Å². The fourth-order valence-corrected chi connectivity index (χ4v) is 3.59. The molecule has 0 spiro atoms. The van der Waals surface area contributed by atoms with E-state index in [0.717, 1.165) is 4.31 Å². The number of benzene rings is 2. The van der Waals surface area contributed by atoms with Gasteiger partial charge in [-0.3, -0.25) is 0 Å². The topological polar surface area (TPSA) is 83.9 Å². The molecule has 140 valence electrons. The van der Waals surface area contributed by atoms with Crippen LogP contribution < -0.4 is 4.74 Å². The minimum Gasteiger partial charge on any atom is -0.479 e. The van der Waals surface area contributed by atoms with Crippen molar-refractivity contribution >= 4 is 39.2 Å². The van der Waals surface area contributed by atoms with E-state index in [1.54, 1.807) is 12.1 Å². The van der Waals surface area contributed by atoms with Gasteiger partial charge in [-0.05, 0) is 37.3 Å². The number of carboxylic acids is 1. The van der Waals surface area contributed by atoms with Crippen molar-refractivity contribution in [1.29, 1.82) is 0 Å². The summed E-state index contributed by atoms with van der Waals surface area (Å²) in [6.07, 6.45) is -1.08. The number of rotatable bonds is 6. The Morgan fingerprint density at radius 2 is 1.77 bits per heavy atom. The highest BCUT2D eigenvalue weighted by Crippen LogP contribution is 2.38. The maximum absolute atomic E-state index is 12.2. The van der Waals surface area contributed by atoms with Crippen molar-refractivity contribution in [1.82, 2.24) is 4.31 Å². The molecule has 0 amide bonds. The average Bonchev–Trinajstić information content (AvgIpc) is 2.56. The summed E-state index contributed by atoms with van der Waals surface area (Å²) < 4.78 is 31.0. The Morgan fingerprint density at radius 3 is 2.31 bits per heavy atom. The van der Waals surface area contributed by atoms with E-state index in [0.29, 0.717) is 16.1 Å². The first kappa shape index (κ1) is 20.5. The SMILES string of the molecule is C[C@H](Oc1ccc(Cl)cc1-c1ccc(S(=O)(=O)N(C)C)cc1Cl)C(=O)O. The maximum atomic E-state index is 12.2. The molecule has 9 heteroatoms. The summed E-state index contributed by atoms with van der Waals surface area (Å²) in [4.78, 5) is 11.1. The predicted molar refractivity (Wildman–Crippen MR) is 100 cm³/mol. The molecule has 0 aliphatic heterocycles. The molecule has 0 radical (unpaired) electrons. The molecule has 0 unspecified atom stereocenters. The van der Waals surface area contributed by atoms with E-state index >= 15 is 0 Å². The molecule has 0 fully saturated rings. The van der Waals surface area contributed by atoms with Gasteiger partial charge < -0.3 is 9.84 Å². The van der Waals surface area contributed by atoms with Gasteiger partial charge in [0.25, 0.3) is 0 Å². The first-order valence-corrected chi connectivity index (χ1v) is 9.65. The molecule has 0 saturated carbocycles. The third-order valence-corrected chi connectivity index (χ3v) is 5.96. The standard InChI is InChI=1S/C17H17Cl2NO5S/c1-10(17(21)22)25-16-7-4-11(18)8-14(16)13-6-5-12(9-15(13)19)26(23,24)20(2)3/h4-10H,1-3H3,(H,21,22)/t10-/m0/s1. The van der Waals surface area contributed by atoms with E-state index in [2.05, 4.69) is 0 Å². The fraction of sp³-hybridized carbons (Fsp3) is 0.235. The molecular formula is C17H17Cl2NO5S. The van der Waals surface area contributed by atoms with Crippen molar-refractivity contribution in [3.8, 4) is 16.9 Å². The molecule has 0 heterocycles. The largest absolute Gasteiger partial charge is 0.479 e. The van der Waals surface area contributed by atoms with Crippen LogP contribution in [0.5, 0.6) is 5.75 Å². The minimum absolute atomic E-state index is 0.0413. The molecule has 26 heavy (non-hydrogen) atoms. The zero-order chi connectivity index (χ0) is 19.6. The smallest absolute Gasteiger partial charge is 0.344 e. The normalized spacial score (nSPS) is 12.8. The third kappa shape index (κ3) is 4.29. The van der Waals surface area contributed by atoms with Gasteiger partial charge in [0.2, 0.25) is 10.0 Å². The van der Waals surface area contributed by atoms with Crippen LogP contribution in [-0.4, -0.2) is 44.0 Å². The Morgan fingerprint density at radius 1 is 1.12 bits per heavy atom. The van der Waals surface area contributed by atoms with Gasteiger partial charge in [-0.15, -0.1) is 0 Å². The van der Waals surface area contributed by atoms with Gasteiger partial charge in [0.15, 0.2) is 6.10 Å². The average molecular weight is 418 g/mol. The van der Waals surface area contributed by atoms with Crippen molar-refractivity contribution in [2.24, 2.45) is 0 Å². The molecule has 0 aromatic heterocycles. The Labute approximate surface area is 162 Å². The molecule has 1 N–H and O–H groups in total. The monoisotopic (exact) mass is 417 g/mol. The minimum atomic E-state index is -3.63. The number of carbonyl (C=O) groups is 1. The number of sulfonamides is 1. The number of nitrogens with zero attached hydrogens (tertiary/aromatic N) is 1. The van der Waals surface area contributed by atoms with E-state index in [-0.39, 0.29) is 15.7 Å². The van der Waals surface area contributed by atoms with Gasteiger partial charge in [-0.25, -0.2) is 17.5 Å². The lowest BCUT2D eigenvalue weighted by molar-refractivity contribution is -0.144. The van der Waals surface area contributed by atoms with Crippen molar-refractivity contribution < 1.29 is 23.1 Å². The highest BCUT2D eigenvalue weighted by Gasteiger charge is 2.21. The number of halogens is 2. The van der Waals surface area contributed by atoms with Crippen LogP contribution in [0, 0.1) is 0 Å². The van der Waals surface area contributed by atoms with Crippen molar-refractivity contribution in [2.75, 3.05) is 14.1 Å². The van der Waals surface area contributed by atoms with Crippen LogP contribution in [0.1, 0.15) is 6.92 Å². The summed E-state index contributed by atoms with van der Waals surface area (Å²) in [5, 5.41) is 9.61. The van der Waals surface area contributed by atoms with Crippen LogP contribution in [-0.2, 0) is 14.8 Å². The highest BCUT2D eigenvalue weighted by atomic mass is 35.5. The lowest BCUT2D eigenvalue weighted by Gasteiger charge is -2.17. The second-order valence-corrected chi connectivity index (χ2v) is 8.66. The molecule has 0 aliphatic carbocycles. The quantitative estimate of drug-likeness (QED) is 0.772. The lowest BCUT2D eigenvalue weighted by atomic mass is 10.0. The zero-order valence-electron chi connectivity index (χ0n) is 14.2. The summed E-state index contributed by atoms with van der Waals surface area (Å²) in [7, 11) is -0.785. The van der Waals surface area contributed by atoms with E-state index in [1.165, 1.54) is 45.3 Å². The van der Waals surface area contributed by atoms with Crippen LogP contribution in [0.25, 0.3) is 11.1 Å². The first-order chi connectivity index (χ1) is 12.0. The molecular weight excluding hydrogens is 401 g/mol. The van der Waals surface area contributed by atoms with E-state index in [1.807, 2.05) is 0 Å². The number of aliphatic carboxylic acids is 1. The second kappa shape index (κ2) is 7.84. The van der Waals surface area contributed by atoms with Gasteiger partial charge >= 0.3 is 5.97 Å². The molecule has 0 saturated heterocycles. The lowest BCUT2D eigenvalue weighted by Crippen LogP contribution is -2.23. The molecule has 2 aromatic carbocycles. The number of ether oxygens (including phenoxy) is 1. The van der Waals surface area contributed by atoms with Gasteiger partial charge in [0, 0.05) is 35.3 Å². The summed E-state index contributed by atoms with van der Waals surface area (Å²) in [6.45, 7) is 1.40. The highest BCUT2D eigenvalue weighted by molar-refractivity contribution is 7.89. The van der Waals surface area contributed by atoms with Crippen LogP contribution in [0.15, 0.2) is 41.3 Å². The summed E-state index contributed by atoms with van der Waals surface area (Å²) >= 11 is 12.3. The van der Waals surface area contributed by atoms with Crippen LogP contribution in [0.2, 0.25) is 10.0 Å². The molecule has 2 rings (SSSR count). The summed E-state index contributed by atoms with van der Waals surface area (Å²) in [5.74, 6) is -0.848. The molecule has 0 bridgehead atoms. The fourth-order valence-electron chi connectivity index (χ4n) is 2.14. The summed E-state index contributed by atoms with van der Waals surface area (Å²) in [5.41, 5.74) is 0.934. The van der Waals surface area contributed by atoms with Crippen molar-refractivity contribution in [2.45, 2.75) is 17.9 Å². The summed E-state index contributed by atoms with van der Waals surface area (Å²) in [6, 6.07) is 8.96. The molecule has 2 aromatic rings. The Bertz CT molecular complexity index is 944. The molecule has 1 atom stereocenters. The van der Waals surface area contributed by atoms with Crippen molar-refractivity contribution in [3.63, 3.8) is 0 Å². The maximum Gasteiger partial charge on any atom is 0.344 e. The van der Waals surface area contributed by atoms with Gasteiger partial charge in [0.05, 0.1) is 4.90 Å². The Hall–Kier alpha value is -1.80. The Kier molecular flexibility index (Phi) is 6.18. The Balaban J connectivity index is 2.55. The second-order valence-electron chi connectivity index (χ2n) is 5.67. The number of hydrogen-bond acceptors (Lipinski definition) is 4. The van der Waals surface area contributed by atoms with Gasteiger partial charge in [-0.1, -0.05) is 29.3 Å². The van der Waals surface area contributed by atoms with Gasteiger partial charge in [0.1, 0.15) is 5.75 Å². The molecule has 0 aliphatic rings. The van der Waals surface area contributed by atoms with Crippen LogP contribution >= 0.6 is 23.2 Å². The van der Waals surface area contributed by atoms with E-state index in [4.69, 9.17) is 33.0 Å². The van der Waals surface area contributed by atoms with E-state index < -0.39 is 22.1 Å².